The maximum Gasteiger partial charge on any atom is 0.0194 e. The molecule has 0 aromatic heterocycles. The van der Waals surface area contributed by atoms with E-state index in [2.05, 4.69) is 52.3 Å². The molecule has 0 aromatic carbocycles. The average molecular weight is 181 g/mol. The van der Waals surface area contributed by atoms with Crippen molar-refractivity contribution in [2.75, 3.05) is 13.6 Å². The molecule has 0 aliphatic heterocycles. The van der Waals surface area contributed by atoms with E-state index in [9.17, 15) is 0 Å². The van der Waals surface area contributed by atoms with E-state index in [0.717, 1.165) is 13.0 Å². The van der Waals surface area contributed by atoms with Crippen LogP contribution in [0.1, 0.15) is 34.1 Å². The van der Waals surface area contributed by atoms with Gasteiger partial charge in [0, 0.05) is 19.3 Å². The highest BCUT2D eigenvalue weighted by Gasteiger charge is 2.01. The minimum Gasteiger partial charge on any atom is -0.378 e. The highest BCUT2D eigenvalue weighted by atomic mass is 15.1. The van der Waals surface area contributed by atoms with E-state index in [4.69, 9.17) is 0 Å². The Labute approximate surface area is 83.1 Å². The van der Waals surface area contributed by atoms with Gasteiger partial charge in [0.25, 0.3) is 0 Å². The lowest BCUT2D eigenvalue weighted by molar-refractivity contribution is 0.362. The van der Waals surface area contributed by atoms with Crippen molar-refractivity contribution in [3.8, 4) is 0 Å². The summed E-state index contributed by atoms with van der Waals surface area (Å²) in [6, 6.07) is 0. The zero-order chi connectivity index (χ0) is 10.4. The largest absolute Gasteiger partial charge is 0.378 e. The summed E-state index contributed by atoms with van der Waals surface area (Å²) in [5, 5.41) is 0. The Morgan fingerprint density at radius 2 is 2.00 bits per heavy atom. The number of hydrogen-bond acceptors (Lipinski definition) is 1. The van der Waals surface area contributed by atoms with Crippen LogP contribution in [0.3, 0.4) is 0 Å². The molecule has 0 saturated carbocycles. The standard InChI is InChI=1S/C12H23N/c1-7-11(4)8-12(5)13(6)9-10(2)3/h8,10H,4,7,9H2,1-3,5-6H3/b12-8-. The predicted molar refractivity (Wildman–Crippen MR) is 60.7 cm³/mol. The summed E-state index contributed by atoms with van der Waals surface area (Å²) in [4.78, 5) is 2.28. The van der Waals surface area contributed by atoms with Gasteiger partial charge >= 0.3 is 0 Å². The molecule has 0 rings (SSSR count). The molecule has 0 fully saturated rings. The first-order valence-corrected chi connectivity index (χ1v) is 5.04. The molecule has 76 valence electrons. The van der Waals surface area contributed by atoms with Crippen LogP contribution in [0.5, 0.6) is 0 Å². The Morgan fingerprint density at radius 1 is 1.46 bits per heavy atom. The Morgan fingerprint density at radius 3 is 2.38 bits per heavy atom. The van der Waals surface area contributed by atoms with Crippen LogP contribution in [-0.4, -0.2) is 18.5 Å². The van der Waals surface area contributed by atoms with Gasteiger partial charge in [-0.25, -0.2) is 0 Å². The topological polar surface area (TPSA) is 3.24 Å². The summed E-state index contributed by atoms with van der Waals surface area (Å²) in [6.07, 6.45) is 3.20. The zero-order valence-corrected chi connectivity index (χ0v) is 9.72. The second kappa shape index (κ2) is 5.85. The minimum absolute atomic E-state index is 0.711. The molecule has 0 N–H and O–H groups in total. The van der Waals surface area contributed by atoms with E-state index in [1.165, 1.54) is 11.3 Å². The van der Waals surface area contributed by atoms with Crippen LogP contribution >= 0.6 is 0 Å². The molecule has 0 amide bonds. The number of allylic oxidation sites excluding steroid dienone is 3. The van der Waals surface area contributed by atoms with Crippen molar-refractivity contribution in [3.63, 3.8) is 0 Å². The Balaban J connectivity index is 4.15. The normalized spacial score (nSPS) is 12.0. The second-order valence-electron chi connectivity index (χ2n) is 4.07. The lowest BCUT2D eigenvalue weighted by Gasteiger charge is -2.22. The van der Waals surface area contributed by atoms with E-state index in [1.54, 1.807) is 0 Å². The van der Waals surface area contributed by atoms with Crippen LogP contribution in [0.4, 0.5) is 0 Å². The first-order valence-electron chi connectivity index (χ1n) is 5.04. The fraction of sp³-hybridized carbons (Fsp3) is 0.667. The molecule has 0 atom stereocenters. The number of hydrogen-bond donors (Lipinski definition) is 0. The van der Waals surface area contributed by atoms with Gasteiger partial charge in [-0.15, -0.1) is 0 Å². The molecule has 0 aliphatic carbocycles. The van der Waals surface area contributed by atoms with Crippen molar-refractivity contribution in [2.24, 2.45) is 5.92 Å². The molecule has 1 heteroatoms. The maximum atomic E-state index is 3.97. The van der Waals surface area contributed by atoms with Gasteiger partial charge in [-0.2, -0.15) is 0 Å². The summed E-state index contributed by atoms with van der Waals surface area (Å²) >= 11 is 0. The van der Waals surface area contributed by atoms with E-state index in [1.807, 2.05) is 0 Å². The molecule has 0 aliphatic rings. The van der Waals surface area contributed by atoms with Crippen LogP contribution in [-0.2, 0) is 0 Å². The molecule has 0 saturated heterocycles. The van der Waals surface area contributed by atoms with Crippen molar-refractivity contribution in [3.05, 3.63) is 23.9 Å². The van der Waals surface area contributed by atoms with Gasteiger partial charge < -0.3 is 4.90 Å². The van der Waals surface area contributed by atoms with Crippen molar-refractivity contribution >= 4 is 0 Å². The highest BCUT2D eigenvalue weighted by Crippen LogP contribution is 2.09. The molecular weight excluding hydrogens is 158 g/mol. The average Bonchev–Trinajstić information content (AvgIpc) is 2.02. The number of nitrogens with zero attached hydrogens (tertiary/aromatic N) is 1. The fourth-order valence-corrected chi connectivity index (χ4v) is 1.20. The second-order valence-corrected chi connectivity index (χ2v) is 4.07. The van der Waals surface area contributed by atoms with Crippen molar-refractivity contribution in [1.82, 2.24) is 4.90 Å². The van der Waals surface area contributed by atoms with Crippen LogP contribution in [0, 0.1) is 5.92 Å². The summed E-state index contributed by atoms with van der Waals surface area (Å²) in [7, 11) is 2.13. The van der Waals surface area contributed by atoms with Gasteiger partial charge in [0.2, 0.25) is 0 Å². The quantitative estimate of drug-likeness (QED) is 0.587. The van der Waals surface area contributed by atoms with Gasteiger partial charge in [-0.1, -0.05) is 32.9 Å². The van der Waals surface area contributed by atoms with Crippen LogP contribution < -0.4 is 0 Å². The lowest BCUT2D eigenvalue weighted by Crippen LogP contribution is -2.21. The summed E-state index contributed by atoms with van der Waals surface area (Å²) < 4.78 is 0. The first kappa shape index (κ1) is 12.3. The van der Waals surface area contributed by atoms with Gasteiger partial charge in [-0.05, 0) is 25.3 Å². The number of rotatable bonds is 5. The van der Waals surface area contributed by atoms with Gasteiger partial charge in [-0.3, -0.25) is 0 Å². The van der Waals surface area contributed by atoms with Crippen molar-refractivity contribution in [1.29, 1.82) is 0 Å². The highest BCUT2D eigenvalue weighted by molar-refractivity contribution is 5.18. The van der Waals surface area contributed by atoms with E-state index >= 15 is 0 Å². The Bertz CT molecular complexity index is 189. The minimum atomic E-state index is 0.711. The molecule has 0 unspecified atom stereocenters. The first-order chi connectivity index (χ1) is 5.97. The molecule has 13 heavy (non-hydrogen) atoms. The smallest absolute Gasteiger partial charge is 0.0194 e. The Kier molecular flexibility index (Phi) is 5.52. The predicted octanol–water partition coefficient (Wildman–Crippen LogP) is 3.44. The third kappa shape index (κ3) is 5.51. The van der Waals surface area contributed by atoms with Crippen LogP contribution in [0.2, 0.25) is 0 Å². The van der Waals surface area contributed by atoms with Crippen molar-refractivity contribution in [2.45, 2.75) is 34.1 Å². The SMILES string of the molecule is C=C(/C=C(/C)N(C)CC(C)C)CC. The fourth-order valence-electron chi connectivity index (χ4n) is 1.20. The van der Waals surface area contributed by atoms with Gasteiger partial charge in [0.15, 0.2) is 0 Å². The van der Waals surface area contributed by atoms with E-state index < -0.39 is 0 Å². The molecule has 0 spiro atoms. The lowest BCUT2D eigenvalue weighted by atomic mass is 10.1. The van der Waals surface area contributed by atoms with Gasteiger partial charge in [0.1, 0.15) is 0 Å². The monoisotopic (exact) mass is 181 g/mol. The molecule has 0 aromatic rings. The molecule has 0 heterocycles. The van der Waals surface area contributed by atoms with Gasteiger partial charge in [0.05, 0.1) is 0 Å². The Hall–Kier alpha value is -0.720. The third-order valence-electron chi connectivity index (χ3n) is 2.11. The summed E-state index contributed by atoms with van der Waals surface area (Å²) in [5.74, 6) is 0.711. The maximum absolute atomic E-state index is 3.97. The summed E-state index contributed by atoms with van der Waals surface area (Å²) in [6.45, 7) is 13.8. The molecular formula is C12H23N. The van der Waals surface area contributed by atoms with Crippen LogP contribution in [0.25, 0.3) is 0 Å². The molecule has 0 radical (unpaired) electrons. The zero-order valence-electron chi connectivity index (χ0n) is 9.72. The van der Waals surface area contributed by atoms with E-state index in [-0.39, 0.29) is 0 Å². The molecule has 0 bridgehead atoms. The van der Waals surface area contributed by atoms with E-state index in [0.29, 0.717) is 5.92 Å². The van der Waals surface area contributed by atoms with Crippen LogP contribution in [0.15, 0.2) is 23.9 Å². The third-order valence-corrected chi connectivity index (χ3v) is 2.11. The summed E-state index contributed by atoms with van der Waals surface area (Å²) in [5.41, 5.74) is 2.51. The van der Waals surface area contributed by atoms with Crippen molar-refractivity contribution < 1.29 is 0 Å². The molecule has 1 nitrogen and oxygen atoms in total.